The third-order valence-electron chi connectivity index (χ3n) is 3.53. The zero-order valence-corrected chi connectivity index (χ0v) is 10.5. The Morgan fingerprint density at radius 2 is 2.11 bits per heavy atom. The quantitative estimate of drug-likeness (QED) is 0.875. The molecule has 0 spiro atoms. The summed E-state index contributed by atoms with van der Waals surface area (Å²) in [7, 11) is 0. The highest BCUT2D eigenvalue weighted by atomic mass is 19.2. The minimum absolute atomic E-state index is 0.0139. The Kier molecular flexibility index (Phi) is 4.47. The molecule has 1 saturated carbocycles. The Morgan fingerprint density at radius 3 is 2.74 bits per heavy atom. The number of hydrogen-bond acceptors (Lipinski definition) is 2. The molecule has 1 aromatic carbocycles. The summed E-state index contributed by atoms with van der Waals surface area (Å²) in [5.74, 6) is -2.01. The van der Waals surface area contributed by atoms with Gasteiger partial charge in [0.2, 0.25) is 5.91 Å². The Morgan fingerprint density at radius 1 is 1.32 bits per heavy atom. The van der Waals surface area contributed by atoms with E-state index >= 15 is 0 Å². The molecule has 0 heterocycles. The molecule has 5 heteroatoms. The second-order valence-electron chi connectivity index (χ2n) is 4.99. The van der Waals surface area contributed by atoms with Crippen LogP contribution in [0, 0.1) is 17.6 Å². The summed E-state index contributed by atoms with van der Waals surface area (Å²) in [6.45, 7) is 0.434. The molecule has 1 fully saturated rings. The highest BCUT2D eigenvalue weighted by molar-refractivity contribution is 5.78. The Bertz CT molecular complexity index is 465. The maximum Gasteiger partial charge on any atom is 0.224 e. The van der Waals surface area contributed by atoms with Crippen molar-refractivity contribution in [2.24, 2.45) is 5.92 Å². The van der Waals surface area contributed by atoms with Crippen LogP contribution in [-0.4, -0.2) is 23.7 Å². The summed E-state index contributed by atoms with van der Waals surface area (Å²) in [6.07, 6.45) is 2.34. The average molecular weight is 269 g/mol. The molecule has 0 radical (unpaired) electrons. The first-order chi connectivity index (χ1) is 9.06. The normalized spacial score (nSPS) is 22.5. The first kappa shape index (κ1) is 13.9. The number of halogens is 2. The van der Waals surface area contributed by atoms with Gasteiger partial charge in [-0.1, -0.05) is 12.5 Å². The van der Waals surface area contributed by atoms with Gasteiger partial charge in [-0.3, -0.25) is 4.79 Å². The van der Waals surface area contributed by atoms with Crippen LogP contribution >= 0.6 is 0 Å². The summed E-state index contributed by atoms with van der Waals surface area (Å²) in [5, 5.41) is 12.3. The highest BCUT2D eigenvalue weighted by Crippen LogP contribution is 2.24. The fraction of sp³-hybridized carbons (Fsp3) is 0.500. The van der Waals surface area contributed by atoms with E-state index in [2.05, 4.69) is 5.32 Å². The van der Waals surface area contributed by atoms with Gasteiger partial charge in [-0.25, -0.2) is 8.78 Å². The third kappa shape index (κ3) is 3.73. The Balaban J connectivity index is 1.82. The number of hydrogen-bond donors (Lipinski definition) is 2. The van der Waals surface area contributed by atoms with E-state index in [4.69, 9.17) is 0 Å². The van der Waals surface area contributed by atoms with Crippen LogP contribution in [0.25, 0.3) is 0 Å². The molecule has 0 bridgehead atoms. The summed E-state index contributed by atoms with van der Waals surface area (Å²) in [6, 6.07) is 3.43. The van der Waals surface area contributed by atoms with Crippen molar-refractivity contribution in [2.45, 2.75) is 31.8 Å². The molecule has 104 valence electrons. The van der Waals surface area contributed by atoms with Crippen molar-refractivity contribution in [3.63, 3.8) is 0 Å². The molecule has 0 aliphatic heterocycles. The third-order valence-corrected chi connectivity index (χ3v) is 3.53. The fourth-order valence-electron chi connectivity index (χ4n) is 2.40. The second-order valence-corrected chi connectivity index (χ2v) is 4.99. The lowest BCUT2D eigenvalue weighted by Crippen LogP contribution is -2.33. The lowest BCUT2D eigenvalue weighted by molar-refractivity contribution is -0.120. The van der Waals surface area contributed by atoms with Crippen molar-refractivity contribution >= 4 is 5.91 Å². The molecule has 1 aromatic rings. The van der Waals surface area contributed by atoms with Gasteiger partial charge in [-0.2, -0.15) is 0 Å². The van der Waals surface area contributed by atoms with Gasteiger partial charge < -0.3 is 10.4 Å². The summed E-state index contributed by atoms with van der Waals surface area (Å²) >= 11 is 0. The predicted octanol–water partition coefficient (Wildman–Crippen LogP) is 1.78. The molecule has 1 aliphatic rings. The number of aliphatic hydroxyl groups excluding tert-OH is 1. The van der Waals surface area contributed by atoms with Crippen LogP contribution in [0.5, 0.6) is 0 Å². The topological polar surface area (TPSA) is 49.3 Å². The molecular formula is C14H17F2NO2. The van der Waals surface area contributed by atoms with Crippen molar-refractivity contribution in [2.75, 3.05) is 6.54 Å². The van der Waals surface area contributed by atoms with Gasteiger partial charge in [0.1, 0.15) is 0 Å². The van der Waals surface area contributed by atoms with Crippen LogP contribution in [0.1, 0.15) is 24.8 Å². The maximum absolute atomic E-state index is 13.0. The second kappa shape index (κ2) is 6.10. The van der Waals surface area contributed by atoms with E-state index in [0.717, 1.165) is 31.4 Å². The molecule has 2 rings (SSSR count). The molecule has 2 N–H and O–H groups in total. The van der Waals surface area contributed by atoms with Gasteiger partial charge in [0.25, 0.3) is 0 Å². The summed E-state index contributed by atoms with van der Waals surface area (Å²) in [5.41, 5.74) is 0.434. The Labute approximate surface area is 110 Å². The first-order valence-corrected chi connectivity index (χ1v) is 6.45. The summed E-state index contributed by atoms with van der Waals surface area (Å²) < 4.78 is 25.7. The van der Waals surface area contributed by atoms with Gasteiger partial charge in [-0.05, 0) is 30.5 Å². The number of benzene rings is 1. The van der Waals surface area contributed by atoms with Crippen molar-refractivity contribution in [1.82, 2.24) is 5.32 Å². The van der Waals surface area contributed by atoms with E-state index in [1.807, 2.05) is 0 Å². The highest BCUT2D eigenvalue weighted by Gasteiger charge is 2.25. The van der Waals surface area contributed by atoms with E-state index < -0.39 is 11.6 Å². The fourth-order valence-corrected chi connectivity index (χ4v) is 2.40. The largest absolute Gasteiger partial charge is 0.393 e. The van der Waals surface area contributed by atoms with Gasteiger partial charge in [0, 0.05) is 12.5 Å². The molecule has 19 heavy (non-hydrogen) atoms. The minimum Gasteiger partial charge on any atom is -0.393 e. The number of carbonyl (C=O) groups excluding carboxylic acids is 1. The smallest absolute Gasteiger partial charge is 0.224 e. The van der Waals surface area contributed by atoms with Gasteiger partial charge >= 0.3 is 0 Å². The monoisotopic (exact) mass is 269 g/mol. The predicted molar refractivity (Wildman–Crippen MR) is 66.4 cm³/mol. The van der Waals surface area contributed by atoms with Gasteiger partial charge in [0.15, 0.2) is 11.6 Å². The molecule has 2 unspecified atom stereocenters. The van der Waals surface area contributed by atoms with Gasteiger partial charge in [-0.15, -0.1) is 0 Å². The molecule has 0 saturated heterocycles. The van der Waals surface area contributed by atoms with Crippen LogP contribution in [-0.2, 0) is 11.2 Å². The Hall–Kier alpha value is -1.49. The van der Waals surface area contributed by atoms with Crippen molar-refractivity contribution in [3.8, 4) is 0 Å². The number of rotatable bonds is 4. The first-order valence-electron chi connectivity index (χ1n) is 6.45. The van der Waals surface area contributed by atoms with Crippen LogP contribution in [0.2, 0.25) is 0 Å². The lowest BCUT2D eigenvalue weighted by Gasteiger charge is -2.15. The molecule has 1 amide bonds. The maximum atomic E-state index is 13.0. The van der Waals surface area contributed by atoms with E-state index in [0.29, 0.717) is 12.1 Å². The van der Waals surface area contributed by atoms with Crippen molar-refractivity contribution in [3.05, 3.63) is 35.4 Å². The number of nitrogens with one attached hydrogen (secondary N) is 1. The van der Waals surface area contributed by atoms with Crippen LogP contribution < -0.4 is 5.32 Å². The SMILES string of the molecule is O=C(Cc1ccc(F)c(F)c1)NCC1CCCC1O. The molecule has 2 atom stereocenters. The van der Waals surface area contributed by atoms with E-state index in [1.54, 1.807) is 0 Å². The minimum atomic E-state index is -0.948. The molecular weight excluding hydrogens is 252 g/mol. The molecule has 0 aromatic heterocycles. The zero-order valence-electron chi connectivity index (χ0n) is 10.5. The van der Waals surface area contributed by atoms with Crippen LogP contribution in [0.4, 0.5) is 8.78 Å². The standard InChI is InChI=1S/C14H17F2NO2/c15-11-5-4-9(6-12(11)16)7-14(19)17-8-10-2-1-3-13(10)18/h4-6,10,13,18H,1-3,7-8H2,(H,17,19). The number of carbonyl (C=O) groups is 1. The van der Waals surface area contributed by atoms with Gasteiger partial charge in [0.05, 0.1) is 12.5 Å². The van der Waals surface area contributed by atoms with Crippen LogP contribution in [0.3, 0.4) is 0 Å². The van der Waals surface area contributed by atoms with Crippen molar-refractivity contribution < 1.29 is 18.7 Å². The molecule has 1 aliphatic carbocycles. The zero-order chi connectivity index (χ0) is 13.8. The van der Waals surface area contributed by atoms with E-state index in [9.17, 15) is 18.7 Å². The van der Waals surface area contributed by atoms with Crippen molar-refractivity contribution in [1.29, 1.82) is 0 Å². The lowest BCUT2D eigenvalue weighted by atomic mass is 10.1. The average Bonchev–Trinajstić information content (AvgIpc) is 2.77. The molecule has 3 nitrogen and oxygen atoms in total. The van der Waals surface area contributed by atoms with E-state index in [-0.39, 0.29) is 24.3 Å². The van der Waals surface area contributed by atoms with Crippen LogP contribution in [0.15, 0.2) is 18.2 Å². The summed E-state index contributed by atoms with van der Waals surface area (Å²) in [4.78, 5) is 11.7. The number of aliphatic hydroxyl groups is 1. The van der Waals surface area contributed by atoms with E-state index in [1.165, 1.54) is 6.07 Å². The number of amides is 1.